The fourth-order valence-corrected chi connectivity index (χ4v) is 1.82. The Balaban J connectivity index is 0.000000921. The monoisotopic (exact) mass is 590 g/mol. The summed E-state index contributed by atoms with van der Waals surface area (Å²) in [4.78, 5) is 11.5. The molecule has 0 amide bonds. The van der Waals surface area contributed by atoms with Gasteiger partial charge >= 0.3 is 23.1 Å². The molecule has 172 valence electrons. The number of benzene rings is 4. The second-order valence-electron chi connectivity index (χ2n) is 5.17. The van der Waals surface area contributed by atoms with Gasteiger partial charge in [0.1, 0.15) is 5.60 Å². The van der Waals surface area contributed by atoms with Gasteiger partial charge in [-0.1, -0.05) is 65.5 Å². The minimum Gasteiger partial charge on any atom is -1.00 e. The van der Waals surface area contributed by atoms with Crippen LogP contribution in [0.15, 0.2) is 109 Å². The molecular weight excluding hydrogens is 543 g/mol. The SMILES string of the molecule is [2H]c1[c-]c([2H])c([2H])c([2H])c1[2H].[2H]c1c([2H])c(C(=O)C([2H])([2H])[2H])c([2H])c([2H])c1Cl.[2H]c1c([2H])c([2H])c(C(O)(c2c([2H])c([2H])c(Cl)c([2H])c2[2H])C([2H])([2H])[2H])c([2H])c1[2H].[Br-].[Mg+2]. The van der Waals surface area contributed by atoms with Crippen LogP contribution in [0.1, 0.15) is 68.1 Å². The van der Waals surface area contributed by atoms with Crippen molar-refractivity contribution in [2.24, 2.45) is 0 Å². The van der Waals surface area contributed by atoms with E-state index in [1.807, 2.05) is 0 Å². The first-order chi connectivity index (χ1) is 25.2. The summed E-state index contributed by atoms with van der Waals surface area (Å²) in [5, 5.41) is 10.2. The standard InChI is InChI=1S/C14H13ClO.C8H7ClO.C6H5.BrH.Mg/c1-14(16,11-5-3-2-4-6-11)12-7-9-13(15)10-8-12;1-6(10)7-2-4-8(9)5-3-7;1-2-4-6-5-3-1;;/h2-10,16H,1H3;2-5H,1H3;1-5H;1H;/q;;-1;;+2/p-1/i1D3,2D,3D,4D,5D,6D,7D,8D,9D,10D;1D3,2D,3D,4D,5D;1D,2D,3D,4D,5D;;. The summed E-state index contributed by atoms with van der Waals surface area (Å²) in [6.07, 6.45) is 0. The van der Waals surface area contributed by atoms with Crippen molar-refractivity contribution in [3.05, 3.63) is 142 Å². The van der Waals surface area contributed by atoms with Crippen LogP contribution >= 0.6 is 23.2 Å². The van der Waals surface area contributed by atoms with Gasteiger partial charge in [0.2, 0.25) is 0 Å². The summed E-state index contributed by atoms with van der Waals surface area (Å²) in [6.45, 7) is -6.54. The van der Waals surface area contributed by atoms with E-state index in [-0.39, 0.29) is 70.2 Å². The zero-order valence-electron chi connectivity index (χ0n) is 40.7. The van der Waals surface area contributed by atoms with Crippen LogP contribution in [-0.4, -0.2) is 33.9 Å². The molecule has 0 saturated heterocycles. The minimum atomic E-state index is -3.53. The van der Waals surface area contributed by atoms with Crippen molar-refractivity contribution in [2.75, 3.05) is 0 Å². The molecule has 1 atom stereocenters. The Morgan fingerprint density at radius 2 is 1.29 bits per heavy atom. The summed E-state index contributed by atoms with van der Waals surface area (Å²) in [7, 11) is 0. The maximum Gasteiger partial charge on any atom is 2.00 e. The molecule has 4 aromatic carbocycles. The minimum absolute atomic E-state index is 0. The maximum atomic E-state index is 11.5. The molecule has 4 aromatic rings. The summed E-state index contributed by atoms with van der Waals surface area (Å²) in [5.74, 6) is -1.42. The Labute approximate surface area is 272 Å². The molecule has 0 saturated carbocycles. The summed E-state index contributed by atoms with van der Waals surface area (Å²) < 4.78 is 180. The number of hydrogen-bond donors (Lipinski definition) is 1. The zero-order valence-corrected chi connectivity index (χ0v) is 21.2. The van der Waals surface area contributed by atoms with Crippen molar-refractivity contribution in [2.45, 2.75) is 19.3 Å². The number of ketones is 1. The Kier molecular flexibility index (Phi) is 5.15. The molecule has 0 bridgehead atoms. The first-order valence-electron chi connectivity index (χ1n) is 20.1. The average molecular weight is 593 g/mol. The Morgan fingerprint density at radius 1 is 0.824 bits per heavy atom. The molecule has 0 aliphatic heterocycles. The predicted molar refractivity (Wildman–Crippen MR) is 139 cm³/mol. The van der Waals surface area contributed by atoms with Crippen LogP contribution < -0.4 is 17.0 Å². The summed E-state index contributed by atoms with van der Waals surface area (Å²) in [5.41, 5.74) is -6.35. The Hall–Kier alpha value is -1.66. The first-order valence-corrected chi connectivity index (χ1v) is 8.81. The van der Waals surface area contributed by atoms with Crippen LogP contribution in [-0.2, 0) is 5.60 Å². The fourth-order valence-electron chi connectivity index (χ4n) is 1.63. The number of carbonyl (C=O) groups is 1. The van der Waals surface area contributed by atoms with Crippen molar-refractivity contribution >= 4 is 52.0 Å². The molecule has 6 heteroatoms. The van der Waals surface area contributed by atoms with E-state index >= 15 is 0 Å². The van der Waals surface area contributed by atoms with Gasteiger partial charge in [0.25, 0.3) is 0 Å². The van der Waals surface area contributed by atoms with E-state index < -0.39 is 130 Å². The van der Waals surface area contributed by atoms with Gasteiger partial charge in [-0.2, -0.15) is 36.3 Å². The molecule has 0 aromatic heterocycles. The van der Waals surface area contributed by atoms with Gasteiger partial charge < -0.3 is 22.1 Å². The van der Waals surface area contributed by atoms with Gasteiger partial charge in [0.15, 0.2) is 5.78 Å². The topological polar surface area (TPSA) is 37.3 Å². The van der Waals surface area contributed by atoms with Gasteiger partial charge in [-0.3, -0.25) is 4.79 Å². The summed E-state index contributed by atoms with van der Waals surface area (Å²) in [6, 6.07) is -10.7. The van der Waals surface area contributed by atoms with Crippen molar-refractivity contribution in [3.63, 3.8) is 0 Å². The molecule has 0 radical (unpaired) electrons. The normalized spacial score (nSPS) is 21.7. The van der Waals surface area contributed by atoms with E-state index in [1.165, 1.54) is 0 Å². The Morgan fingerprint density at radius 3 is 1.79 bits per heavy atom. The third kappa shape index (κ3) is 11.2. The van der Waals surface area contributed by atoms with Gasteiger partial charge in [0.05, 0.1) is 17.8 Å². The van der Waals surface area contributed by atoms with E-state index in [1.54, 1.807) is 0 Å². The number of aliphatic hydroxyl groups is 1. The van der Waals surface area contributed by atoms with E-state index in [2.05, 4.69) is 6.07 Å². The smallest absolute Gasteiger partial charge is 1.00 e. The second kappa shape index (κ2) is 16.9. The molecule has 34 heavy (non-hydrogen) atoms. The van der Waals surface area contributed by atoms with Crippen LogP contribution in [0.4, 0.5) is 0 Å². The zero-order chi connectivity index (χ0) is 44.1. The second-order valence-corrected chi connectivity index (χ2v) is 5.92. The largest absolute Gasteiger partial charge is 2.00 e. The maximum absolute atomic E-state index is 11.5. The first kappa shape index (κ1) is 10.4. The van der Waals surface area contributed by atoms with E-state index in [9.17, 15) is 9.90 Å². The van der Waals surface area contributed by atoms with Crippen LogP contribution in [0.25, 0.3) is 0 Å². The number of Topliss-reactive ketones (excluding diaryl/α,β-unsaturated/α-hetero) is 1. The van der Waals surface area contributed by atoms with E-state index in [4.69, 9.17) is 56.1 Å². The molecular formula is C28H25BrCl2MgO2. The molecule has 1 N–H and O–H groups in total. The van der Waals surface area contributed by atoms with Crippen molar-refractivity contribution in [3.8, 4) is 0 Å². The third-order valence-corrected chi connectivity index (χ3v) is 3.39. The van der Waals surface area contributed by atoms with Gasteiger partial charge in [-0.25, -0.2) is 0 Å². The van der Waals surface area contributed by atoms with Crippen molar-refractivity contribution < 1.29 is 59.8 Å². The third-order valence-electron chi connectivity index (χ3n) is 3.01. The van der Waals surface area contributed by atoms with Crippen LogP contribution in [0.5, 0.6) is 0 Å². The molecule has 4 rings (SSSR count). The molecule has 0 fully saturated rings. The predicted octanol–water partition coefficient (Wildman–Crippen LogP) is 4.25. The molecule has 0 aliphatic carbocycles. The fraction of sp³-hybridized carbons (Fsp3) is 0.107. The van der Waals surface area contributed by atoms with Gasteiger partial charge in [-0.15, -0.1) is 0 Å². The van der Waals surface area contributed by atoms with Crippen molar-refractivity contribution in [1.82, 2.24) is 0 Å². The van der Waals surface area contributed by atoms with Gasteiger partial charge in [-0.05, 0) is 63.8 Å². The van der Waals surface area contributed by atoms with Crippen molar-refractivity contribution in [1.29, 1.82) is 0 Å². The quantitative estimate of drug-likeness (QED) is 0.220. The molecule has 0 aliphatic rings. The van der Waals surface area contributed by atoms with E-state index in [0.717, 1.165) is 0 Å². The number of carbonyl (C=O) groups excluding carboxylic acids is 1. The van der Waals surface area contributed by atoms with Crippen LogP contribution in [0, 0.1) is 6.07 Å². The Bertz CT molecular complexity index is 2060. The average Bonchev–Trinajstić information content (AvgIpc) is 3.11. The van der Waals surface area contributed by atoms with E-state index in [0.29, 0.717) is 0 Å². The molecule has 1 unspecified atom stereocenters. The summed E-state index contributed by atoms with van der Waals surface area (Å²) >= 11 is 11.2. The molecule has 2 nitrogen and oxygen atoms in total. The molecule has 0 spiro atoms. The van der Waals surface area contributed by atoms with Gasteiger partial charge in [0, 0.05) is 27.9 Å². The number of rotatable bonds is 3. The molecule has 0 heterocycles. The van der Waals surface area contributed by atoms with Crippen LogP contribution in [0.2, 0.25) is 10.0 Å². The number of halogens is 3. The number of hydrogen-bond acceptors (Lipinski definition) is 2. The van der Waals surface area contributed by atoms with Crippen LogP contribution in [0.3, 0.4) is 0 Å².